The highest BCUT2D eigenvalue weighted by molar-refractivity contribution is 5.91. The van der Waals surface area contributed by atoms with E-state index in [1.807, 2.05) is 31.2 Å². The normalized spacial score (nSPS) is 11.9. The molecule has 0 saturated carbocycles. The number of esters is 1. The minimum atomic E-state index is -0.438. The van der Waals surface area contributed by atoms with Crippen molar-refractivity contribution in [3.05, 3.63) is 59.2 Å². The minimum Gasteiger partial charge on any atom is -0.457 e. The Morgan fingerprint density at radius 1 is 1.17 bits per heavy atom. The zero-order valence-electron chi connectivity index (χ0n) is 15.0. The second kappa shape index (κ2) is 12.0. The van der Waals surface area contributed by atoms with Gasteiger partial charge in [-0.25, -0.2) is 4.79 Å². The number of hydrogen-bond donors (Lipinski definition) is 3. The molecule has 5 heteroatoms. The van der Waals surface area contributed by atoms with E-state index in [2.05, 4.69) is 19.6 Å². The van der Waals surface area contributed by atoms with E-state index in [9.17, 15) is 4.79 Å². The molecule has 132 valence electrons. The first-order valence-corrected chi connectivity index (χ1v) is 7.86. The van der Waals surface area contributed by atoms with Crippen LogP contribution in [0.2, 0.25) is 0 Å². The number of nitrogens with two attached hydrogens (primary N) is 3. The van der Waals surface area contributed by atoms with Gasteiger partial charge >= 0.3 is 5.97 Å². The summed E-state index contributed by atoms with van der Waals surface area (Å²) < 4.78 is 5.28. The molecular formula is C19H29N3O2. The third-order valence-electron chi connectivity index (χ3n) is 3.20. The molecule has 0 saturated heterocycles. The average Bonchev–Trinajstić information content (AvgIpc) is 2.58. The molecule has 0 bridgehead atoms. The lowest BCUT2D eigenvalue weighted by Crippen LogP contribution is -2.08. The first-order chi connectivity index (χ1) is 11.5. The second-order valence-electron chi connectivity index (χ2n) is 5.05. The molecule has 5 nitrogen and oxygen atoms in total. The molecule has 0 aromatic heterocycles. The van der Waals surface area contributed by atoms with Crippen LogP contribution in [0.3, 0.4) is 0 Å². The summed E-state index contributed by atoms with van der Waals surface area (Å²) in [6, 6.07) is 4.70. The average molecular weight is 331 g/mol. The van der Waals surface area contributed by atoms with Crippen molar-refractivity contribution in [3.63, 3.8) is 0 Å². The summed E-state index contributed by atoms with van der Waals surface area (Å²) in [4.78, 5) is 12.0. The summed E-state index contributed by atoms with van der Waals surface area (Å²) in [5, 5.41) is 0. The highest BCUT2D eigenvalue weighted by Gasteiger charge is 2.09. The monoisotopic (exact) mass is 331 g/mol. The van der Waals surface area contributed by atoms with E-state index < -0.39 is 5.97 Å². The van der Waals surface area contributed by atoms with Gasteiger partial charge < -0.3 is 21.9 Å². The van der Waals surface area contributed by atoms with Gasteiger partial charge in [-0.05, 0) is 51.1 Å². The Morgan fingerprint density at radius 3 is 2.25 bits per heavy atom. The van der Waals surface area contributed by atoms with Gasteiger partial charge in [-0.3, -0.25) is 0 Å². The Kier molecular flexibility index (Phi) is 10.7. The standard InChI is InChI=1S/C18H24N2O2.CH5N/c1-4-13(3)7-6-8-14(5-2)12-22-18(21)15-9-16(19)11-17(20)10-15;1-2/h5-11H,4,12,19-20H2,1-3H3;2H2,1H3/b8-6-,13-7?,14-5+;. The molecule has 0 atom stereocenters. The number of nitrogen functional groups attached to an aromatic ring is 2. The fraction of sp³-hybridized carbons (Fsp3) is 0.316. The van der Waals surface area contributed by atoms with Crippen LogP contribution >= 0.6 is 0 Å². The molecule has 0 amide bonds. The van der Waals surface area contributed by atoms with E-state index in [1.54, 1.807) is 18.2 Å². The van der Waals surface area contributed by atoms with Gasteiger partial charge in [0.15, 0.2) is 0 Å². The quantitative estimate of drug-likeness (QED) is 0.421. The molecule has 0 unspecified atom stereocenters. The summed E-state index contributed by atoms with van der Waals surface area (Å²) in [7, 11) is 1.50. The molecule has 0 spiro atoms. The van der Waals surface area contributed by atoms with Crippen LogP contribution in [0.5, 0.6) is 0 Å². The van der Waals surface area contributed by atoms with Crippen LogP contribution in [0.1, 0.15) is 37.6 Å². The maximum atomic E-state index is 12.0. The van der Waals surface area contributed by atoms with Crippen molar-refractivity contribution in [1.29, 1.82) is 0 Å². The largest absolute Gasteiger partial charge is 0.457 e. The van der Waals surface area contributed by atoms with E-state index in [0.29, 0.717) is 16.9 Å². The lowest BCUT2D eigenvalue weighted by molar-refractivity contribution is 0.0543. The van der Waals surface area contributed by atoms with E-state index >= 15 is 0 Å². The number of carbonyl (C=O) groups is 1. The van der Waals surface area contributed by atoms with Crippen LogP contribution in [0, 0.1) is 0 Å². The van der Waals surface area contributed by atoms with Crippen molar-refractivity contribution in [1.82, 2.24) is 0 Å². The van der Waals surface area contributed by atoms with Crippen LogP contribution in [-0.4, -0.2) is 19.6 Å². The molecule has 0 aliphatic rings. The van der Waals surface area contributed by atoms with Gasteiger partial charge in [-0.15, -0.1) is 0 Å². The molecule has 0 heterocycles. The van der Waals surface area contributed by atoms with Crippen molar-refractivity contribution in [2.24, 2.45) is 5.73 Å². The van der Waals surface area contributed by atoms with Crippen LogP contribution < -0.4 is 17.2 Å². The predicted molar refractivity (Wildman–Crippen MR) is 103 cm³/mol. The fourth-order valence-electron chi connectivity index (χ4n) is 1.71. The second-order valence-corrected chi connectivity index (χ2v) is 5.05. The number of carbonyl (C=O) groups excluding carboxylic acids is 1. The molecular weight excluding hydrogens is 302 g/mol. The Balaban J connectivity index is 0.00000254. The van der Waals surface area contributed by atoms with Gasteiger partial charge in [-0.1, -0.05) is 36.8 Å². The number of anilines is 2. The van der Waals surface area contributed by atoms with Crippen molar-refractivity contribution in [2.45, 2.75) is 27.2 Å². The summed E-state index contributed by atoms with van der Waals surface area (Å²) in [5.74, 6) is -0.438. The summed E-state index contributed by atoms with van der Waals surface area (Å²) in [6.07, 6.45) is 8.86. The molecule has 1 rings (SSSR count). The maximum absolute atomic E-state index is 12.0. The minimum absolute atomic E-state index is 0.208. The zero-order chi connectivity index (χ0) is 18.5. The SMILES string of the molecule is C/C=C(\C=C/C=C(C)CC)COC(=O)c1cc(N)cc(N)c1.CN. The molecule has 0 aliphatic heterocycles. The van der Waals surface area contributed by atoms with E-state index in [1.165, 1.54) is 12.6 Å². The molecule has 0 aliphatic carbocycles. The summed E-state index contributed by atoms with van der Waals surface area (Å²) in [5.41, 5.74) is 19.3. The van der Waals surface area contributed by atoms with Crippen LogP contribution in [0.15, 0.2) is 53.6 Å². The van der Waals surface area contributed by atoms with Gasteiger partial charge in [0.2, 0.25) is 0 Å². The van der Waals surface area contributed by atoms with Gasteiger partial charge in [0.25, 0.3) is 0 Å². The van der Waals surface area contributed by atoms with Crippen molar-refractivity contribution in [2.75, 3.05) is 25.1 Å². The van der Waals surface area contributed by atoms with Crippen molar-refractivity contribution >= 4 is 17.3 Å². The number of ether oxygens (including phenoxy) is 1. The molecule has 0 fully saturated rings. The topological polar surface area (TPSA) is 104 Å². The molecule has 1 aromatic rings. The third-order valence-corrected chi connectivity index (χ3v) is 3.20. The zero-order valence-corrected chi connectivity index (χ0v) is 15.0. The van der Waals surface area contributed by atoms with Gasteiger partial charge in [0.05, 0.1) is 5.56 Å². The molecule has 6 N–H and O–H groups in total. The Bertz CT molecular complexity index is 597. The lowest BCUT2D eigenvalue weighted by atomic mass is 10.1. The highest BCUT2D eigenvalue weighted by atomic mass is 16.5. The predicted octanol–water partition coefficient (Wildman–Crippen LogP) is 3.44. The summed E-state index contributed by atoms with van der Waals surface area (Å²) in [6.45, 7) is 6.29. The Morgan fingerprint density at radius 2 is 1.75 bits per heavy atom. The molecule has 24 heavy (non-hydrogen) atoms. The van der Waals surface area contributed by atoms with Gasteiger partial charge in [0.1, 0.15) is 6.61 Å². The Labute approximate surface area is 144 Å². The fourth-order valence-corrected chi connectivity index (χ4v) is 1.71. The van der Waals surface area contributed by atoms with Crippen molar-refractivity contribution in [3.8, 4) is 0 Å². The van der Waals surface area contributed by atoms with Gasteiger partial charge in [-0.2, -0.15) is 0 Å². The van der Waals surface area contributed by atoms with Gasteiger partial charge in [0, 0.05) is 11.4 Å². The van der Waals surface area contributed by atoms with E-state index in [0.717, 1.165) is 12.0 Å². The maximum Gasteiger partial charge on any atom is 0.338 e. The van der Waals surface area contributed by atoms with E-state index in [-0.39, 0.29) is 6.61 Å². The van der Waals surface area contributed by atoms with E-state index in [4.69, 9.17) is 16.2 Å². The number of hydrogen-bond acceptors (Lipinski definition) is 5. The van der Waals surface area contributed by atoms with Crippen molar-refractivity contribution < 1.29 is 9.53 Å². The number of benzene rings is 1. The van der Waals surface area contributed by atoms with Crippen LogP contribution in [0.4, 0.5) is 11.4 Å². The highest BCUT2D eigenvalue weighted by Crippen LogP contribution is 2.15. The number of rotatable bonds is 6. The Hall–Kier alpha value is -2.53. The summed E-state index contributed by atoms with van der Waals surface area (Å²) >= 11 is 0. The lowest BCUT2D eigenvalue weighted by Gasteiger charge is -2.07. The first kappa shape index (κ1) is 21.5. The number of allylic oxidation sites excluding steroid dienone is 4. The van der Waals surface area contributed by atoms with Crippen LogP contribution in [-0.2, 0) is 4.74 Å². The first-order valence-electron chi connectivity index (χ1n) is 7.86. The molecule has 1 aromatic carbocycles. The third kappa shape index (κ3) is 8.19. The molecule has 0 radical (unpaired) electrons. The van der Waals surface area contributed by atoms with Crippen LogP contribution in [0.25, 0.3) is 0 Å². The smallest absolute Gasteiger partial charge is 0.338 e.